The third-order valence-corrected chi connectivity index (χ3v) is 5.82. The second-order valence-electron chi connectivity index (χ2n) is 6.30. The van der Waals surface area contributed by atoms with E-state index in [4.69, 9.17) is 5.11 Å². The number of anilines is 1. The molecule has 1 aromatic carbocycles. The summed E-state index contributed by atoms with van der Waals surface area (Å²) in [5, 5.41) is 11.8. The van der Waals surface area contributed by atoms with Crippen molar-refractivity contribution in [1.29, 1.82) is 0 Å². The molecule has 0 atom stereocenters. The number of para-hydroxylation sites is 1. The highest BCUT2D eigenvalue weighted by Crippen LogP contribution is 2.26. The lowest BCUT2D eigenvalue weighted by molar-refractivity contribution is -0.139. The third kappa shape index (κ3) is 5.18. The zero-order valence-electron chi connectivity index (χ0n) is 14.9. The number of carboxylic acid groups (broad SMARTS) is 1. The van der Waals surface area contributed by atoms with Crippen molar-refractivity contribution in [3.63, 3.8) is 0 Å². The van der Waals surface area contributed by atoms with Crippen LogP contribution in [0.2, 0.25) is 0 Å². The standard InChI is InChI=1S/C17H25N3O5S/c1-3-20(11-16(21)22)13-9-12(10-13)18-17(23)14-7-5-6-8-15(14)19-26(24,25)4-2/h5-8,12-13,19H,3-4,9-11H2,1-2H3,(H,18,23)(H,21,22). The number of hydrogen-bond acceptors (Lipinski definition) is 5. The van der Waals surface area contributed by atoms with E-state index in [9.17, 15) is 18.0 Å². The summed E-state index contributed by atoms with van der Waals surface area (Å²) in [5.74, 6) is -1.29. The average Bonchev–Trinajstić information content (AvgIpc) is 2.55. The van der Waals surface area contributed by atoms with Crippen molar-refractivity contribution in [2.75, 3.05) is 23.6 Å². The highest BCUT2D eigenvalue weighted by atomic mass is 32.2. The van der Waals surface area contributed by atoms with Gasteiger partial charge in [-0.1, -0.05) is 19.1 Å². The van der Waals surface area contributed by atoms with Gasteiger partial charge >= 0.3 is 5.97 Å². The minimum atomic E-state index is -3.48. The van der Waals surface area contributed by atoms with Gasteiger partial charge in [-0.15, -0.1) is 0 Å². The van der Waals surface area contributed by atoms with Gasteiger partial charge in [0.2, 0.25) is 10.0 Å². The second kappa shape index (κ2) is 8.50. The first-order chi connectivity index (χ1) is 12.3. The van der Waals surface area contributed by atoms with E-state index in [1.54, 1.807) is 24.3 Å². The van der Waals surface area contributed by atoms with Gasteiger partial charge < -0.3 is 10.4 Å². The van der Waals surface area contributed by atoms with Crippen LogP contribution in [-0.4, -0.2) is 61.2 Å². The van der Waals surface area contributed by atoms with Crippen LogP contribution in [0.15, 0.2) is 24.3 Å². The van der Waals surface area contributed by atoms with Gasteiger partial charge in [-0.2, -0.15) is 0 Å². The highest BCUT2D eigenvalue weighted by Gasteiger charge is 2.35. The molecular formula is C17H25N3O5S. The summed E-state index contributed by atoms with van der Waals surface area (Å²) >= 11 is 0. The molecule has 9 heteroatoms. The Hall–Kier alpha value is -2.13. The number of carboxylic acids is 1. The molecule has 1 aliphatic carbocycles. The molecule has 0 saturated heterocycles. The van der Waals surface area contributed by atoms with Crippen LogP contribution in [0.4, 0.5) is 5.69 Å². The minimum Gasteiger partial charge on any atom is -0.480 e. The fraction of sp³-hybridized carbons (Fsp3) is 0.529. The first kappa shape index (κ1) is 20.2. The molecule has 1 amide bonds. The van der Waals surface area contributed by atoms with Crippen LogP contribution in [-0.2, 0) is 14.8 Å². The van der Waals surface area contributed by atoms with E-state index in [0.29, 0.717) is 19.4 Å². The molecule has 1 aliphatic rings. The van der Waals surface area contributed by atoms with Gasteiger partial charge in [-0.3, -0.25) is 19.2 Å². The number of nitrogens with zero attached hydrogens (tertiary/aromatic N) is 1. The van der Waals surface area contributed by atoms with E-state index in [1.165, 1.54) is 6.92 Å². The third-order valence-electron chi connectivity index (χ3n) is 4.53. The number of carbonyl (C=O) groups excluding carboxylic acids is 1. The van der Waals surface area contributed by atoms with Crippen LogP contribution in [0.1, 0.15) is 37.0 Å². The molecule has 26 heavy (non-hydrogen) atoms. The SMILES string of the molecule is CCN(CC(=O)O)C1CC(NC(=O)c2ccccc2NS(=O)(=O)CC)C1. The summed E-state index contributed by atoms with van der Waals surface area (Å²) in [6, 6.07) is 6.54. The van der Waals surface area contributed by atoms with Crippen molar-refractivity contribution >= 4 is 27.6 Å². The number of nitrogens with one attached hydrogen (secondary N) is 2. The molecule has 1 fully saturated rings. The number of aliphatic carboxylic acids is 1. The molecule has 0 unspecified atom stereocenters. The maximum atomic E-state index is 12.5. The molecule has 144 valence electrons. The summed E-state index contributed by atoms with van der Waals surface area (Å²) in [5.41, 5.74) is 0.523. The van der Waals surface area contributed by atoms with Gasteiger partial charge in [-0.05, 0) is 38.4 Å². The molecule has 3 N–H and O–H groups in total. The zero-order valence-corrected chi connectivity index (χ0v) is 15.8. The molecule has 1 saturated carbocycles. The van der Waals surface area contributed by atoms with E-state index in [2.05, 4.69) is 10.0 Å². The average molecular weight is 383 g/mol. The second-order valence-corrected chi connectivity index (χ2v) is 8.31. The Morgan fingerprint density at radius 3 is 2.46 bits per heavy atom. The van der Waals surface area contributed by atoms with Gasteiger partial charge in [0.15, 0.2) is 0 Å². The van der Waals surface area contributed by atoms with Crippen LogP contribution in [0.5, 0.6) is 0 Å². The summed E-state index contributed by atoms with van der Waals surface area (Å²) in [6.45, 7) is 4.06. The topological polar surface area (TPSA) is 116 Å². The molecule has 0 radical (unpaired) electrons. The Labute approximate surface area is 153 Å². The highest BCUT2D eigenvalue weighted by molar-refractivity contribution is 7.92. The number of benzene rings is 1. The maximum absolute atomic E-state index is 12.5. The summed E-state index contributed by atoms with van der Waals surface area (Å²) in [4.78, 5) is 25.2. The normalized spacial score (nSPS) is 19.7. The Morgan fingerprint density at radius 2 is 1.88 bits per heavy atom. The van der Waals surface area contributed by atoms with Gasteiger partial charge in [0.25, 0.3) is 5.91 Å². The van der Waals surface area contributed by atoms with Crippen LogP contribution >= 0.6 is 0 Å². The Bertz CT molecular complexity index is 759. The van der Waals surface area contributed by atoms with E-state index in [1.807, 2.05) is 11.8 Å². The minimum absolute atomic E-state index is 0.0105. The molecule has 0 spiro atoms. The molecule has 0 aromatic heterocycles. The number of amides is 1. The lowest BCUT2D eigenvalue weighted by atomic mass is 9.85. The smallest absolute Gasteiger partial charge is 0.317 e. The Morgan fingerprint density at radius 1 is 1.23 bits per heavy atom. The van der Waals surface area contributed by atoms with Crippen molar-refractivity contribution in [3.05, 3.63) is 29.8 Å². The Kier molecular flexibility index (Phi) is 6.60. The molecule has 2 rings (SSSR count). The largest absolute Gasteiger partial charge is 0.480 e. The Balaban J connectivity index is 1.97. The number of likely N-dealkylation sites (N-methyl/N-ethyl adjacent to an activating group) is 1. The van der Waals surface area contributed by atoms with Gasteiger partial charge in [0.05, 0.1) is 23.5 Å². The molecule has 0 bridgehead atoms. The number of sulfonamides is 1. The maximum Gasteiger partial charge on any atom is 0.317 e. The fourth-order valence-corrected chi connectivity index (χ4v) is 3.61. The molecule has 0 heterocycles. The van der Waals surface area contributed by atoms with Crippen LogP contribution < -0.4 is 10.0 Å². The summed E-state index contributed by atoms with van der Waals surface area (Å²) in [7, 11) is -3.48. The van der Waals surface area contributed by atoms with Gasteiger partial charge in [-0.25, -0.2) is 8.42 Å². The van der Waals surface area contributed by atoms with Crippen molar-refractivity contribution < 1.29 is 23.1 Å². The summed E-state index contributed by atoms with van der Waals surface area (Å²) in [6.07, 6.45) is 1.35. The quantitative estimate of drug-likeness (QED) is 0.588. The van der Waals surface area contributed by atoms with Crippen LogP contribution in [0.3, 0.4) is 0 Å². The first-order valence-corrected chi connectivity index (χ1v) is 10.3. The number of rotatable bonds is 9. The van der Waals surface area contributed by atoms with Gasteiger partial charge in [0.1, 0.15) is 0 Å². The summed E-state index contributed by atoms with van der Waals surface area (Å²) < 4.78 is 26.0. The van der Waals surface area contributed by atoms with Crippen LogP contribution in [0, 0.1) is 0 Å². The monoisotopic (exact) mass is 383 g/mol. The molecule has 1 aromatic rings. The zero-order chi connectivity index (χ0) is 19.3. The molecule has 8 nitrogen and oxygen atoms in total. The van der Waals surface area contributed by atoms with Crippen molar-refractivity contribution in [2.45, 2.75) is 38.8 Å². The first-order valence-electron chi connectivity index (χ1n) is 8.62. The fourth-order valence-electron chi connectivity index (χ4n) is 2.95. The number of carbonyl (C=O) groups is 2. The van der Waals surface area contributed by atoms with Crippen molar-refractivity contribution in [3.8, 4) is 0 Å². The van der Waals surface area contributed by atoms with E-state index in [-0.39, 0.29) is 41.5 Å². The lowest BCUT2D eigenvalue weighted by Crippen LogP contribution is -2.54. The van der Waals surface area contributed by atoms with E-state index in [0.717, 1.165) is 0 Å². The van der Waals surface area contributed by atoms with Crippen molar-refractivity contribution in [1.82, 2.24) is 10.2 Å². The lowest BCUT2D eigenvalue weighted by Gasteiger charge is -2.42. The molecular weight excluding hydrogens is 358 g/mol. The van der Waals surface area contributed by atoms with E-state index < -0.39 is 16.0 Å². The number of hydrogen-bond donors (Lipinski definition) is 3. The predicted octanol–water partition coefficient (Wildman–Crippen LogP) is 1.12. The predicted molar refractivity (Wildman–Crippen MR) is 98.7 cm³/mol. The van der Waals surface area contributed by atoms with Crippen LogP contribution in [0.25, 0.3) is 0 Å². The van der Waals surface area contributed by atoms with Crippen molar-refractivity contribution in [2.24, 2.45) is 0 Å². The molecule has 0 aliphatic heterocycles. The van der Waals surface area contributed by atoms with E-state index >= 15 is 0 Å². The van der Waals surface area contributed by atoms with Gasteiger partial charge in [0, 0.05) is 12.1 Å².